The SMILES string of the molecule is C=C(N)C(CC)/C(=C\CC)Nc1cc(C)cc(Cl)c1. The second-order valence-corrected chi connectivity index (χ2v) is 5.18. The summed E-state index contributed by atoms with van der Waals surface area (Å²) in [5, 5.41) is 4.16. The quantitative estimate of drug-likeness (QED) is 0.780. The molecule has 0 aromatic heterocycles. The maximum absolute atomic E-state index is 6.08. The minimum atomic E-state index is 0.152. The number of hydrogen-bond acceptors (Lipinski definition) is 2. The van der Waals surface area contributed by atoms with Crippen LogP contribution in [0.5, 0.6) is 0 Å². The van der Waals surface area contributed by atoms with E-state index in [-0.39, 0.29) is 5.92 Å². The Labute approximate surface area is 121 Å². The number of rotatable bonds is 6. The highest BCUT2D eigenvalue weighted by Crippen LogP contribution is 2.25. The summed E-state index contributed by atoms with van der Waals surface area (Å²) in [5.74, 6) is 0.152. The van der Waals surface area contributed by atoms with Gasteiger partial charge in [0.15, 0.2) is 0 Å². The zero-order valence-corrected chi connectivity index (χ0v) is 12.7. The van der Waals surface area contributed by atoms with Gasteiger partial charge in [-0.1, -0.05) is 38.1 Å². The first-order valence-corrected chi connectivity index (χ1v) is 7.04. The van der Waals surface area contributed by atoms with Gasteiger partial charge in [-0.3, -0.25) is 0 Å². The van der Waals surface area contributed by atoms with Crippen LogP contribution in [0.2, 0.25) is 5.02 Å². The molecule has 1 aromatic carbocycles. The topological polar surface area (TPSA) is 38.0 Å². The van der Waals surface area contributed by atoms with E-state index in [9.17, 15) is 0 Å². The molecule has 0 saturated carbocycles. The fourth-order valence-electron chi connectivity index (χ4n) is 2.16. The van der Waals surface area contributed by atoms with E-state index in [0.29, 0.717) is 5.70 Å². The number of nitrogens with one attached hydrogen (secondary N) is 1. The van der Waals surface area contributed by atoms with Crippen LogP contribution in [0.1, 0.15) is 32.3 Å². The summed E-state index contributed by atoms with van der Waals surface area (Å²) >= 11 is 6.08. The third-order valence-corrected chi connectivity index (χ3v) is 3.20. The molecule has 1 rings (SSSR count). The van der Waals surface area contributed by atoms with Crippen molar-refractivity contribution in [2.45, 2.75) is 33.6 Å². The van der Waals surface area contributed by atoms with Gasteiger partial charge >= 0.3 is 0 Å². The molecule has 0 radical (unpaired) electrons. The van der Waals surface area contributed by atoms with Crippen LogP contribution < -0.4 is 11.1 Å². The van der Waals surface area contributed by atoms with E-state index in [1.807, 2.05) is 19.1 Å². The fraction of sp³-hybridized carbons (Fsp3) is 0.375. The molecule has 0 aliphatic carbocycles. The standard InChI is InChI=1S/C16H23ClN2/c1-5-7-16(15(6-2)12(4)18)19-14-9-11(3)8-13(17)10-14/h7-10,15,19H,4-6,18H2,1-3H3/b16-7+. The van der Waals surface area contributed by atoms with E-state index in [0.717, 1.165) is 34.8 Å². The molecule has 19 heavy (non-hydrogen) atoms. The van der Waals surface area contributed by atoms with Crippen molar-refractivity contribution in [3.8, 4) is 0 Å². The lowest BCUT2D eigenvalue weighted by atomic mass is 9.98. The first-order valence-electron chi connectivity index (χ1n) is 6.66. The number of benzene rings is 1. The number of aryl methyl sites for hydroxylation is 1. The van der Waals surface area contributed by atoms with Crippen LogP contribution in [0.4, 0.5) is 5.69 Å². The molecule has 0 aliphatic heterocycles. The Morgan fingerprint density at radius 2 is 2.11 bits per heavy atom. The van der Waals surface area contributed by atoms with Crippen molar-refractivity contribution < 1.29 is 0 Å². The molecule has 0 heterocycles. The van der Waals surface area contributed by atoms with Gasteiger partial charge in [-0.15, -0.1) is 0 Å². The Morgan fingerprint density at radius 1 is 1.42 bits per heavy atom. The second kappa shape index (κ2) is 7.25. The fourth-order valence-corrected chi connectivity index (χ4v) is 2.45. The first-order chi connectivity index (χ1) is 8.97. The van der Waals surface area contributed by atoms with Crippen LogP contribution in [0, 0.1) is 12.8 Å². The molecule has 104 valence electrons. The van der Waals surface area contributed by atoms with E-state index in [4.69, 9.17) is 17.3 Å². The summed E-state index contributed by atoms with van der Waals surface area (Å²) in [5.41, 5.74) is 9.80. The summed E-state index contributed by atoms with van der Waals surface area (Å²) in [4.78, 5) is 0. The minimum absolute atomic E-state index is 0.152. The Kier molecular flexibility index (Phi) is 5.97. The van der Waals surface area contributed by atoms with Crippen molar-refractivity contribution in [2.24, 2.45) is 11.7 Å². The molecular formula is C16H23ClN2. The maximum Gasteiger partial charge on any atom is 0.0429 e. The van der Waals surface area contributed by atoms with Gasteiger partial charge in [-0.2, -0.15) is 0 Å². The first kappa shape index (κ1) is 15.6. The lowest BCUT2D eigenvalue weighted by molar-refractivity contribution is 0.679. The Hall–Kier alpha value is -1.41. The van der Waals surface area contributed by atoms with Crippen LogP contribution >= 0.6 is 11.6 Å². The lowest BCUT2D eigenvalue weighted by Crippen LogP contribution is -2.18. The third kappa shape index (κ3) is 4.64. The normalized spacial score (nSPS) is 13.2. The van der Waals surface area contributed by atoms with Gasteiger partial charge in [0.25, 0.3) is 0 Å². The molecule has 1 aromatic rings. The highest BCUT2D eigenvalue weighted by molar-refractivity contribution is 6.30. The zero-order valence-electron chi connectivity index (χ0n) is 12.0. The van der Waals surface area contributed by atoms with Gasteiger partial charge in [-0.05, 0) is 43.5 Å². The predicted octanol–water partition coefficient (Wildman–Crippen LogP) is 4.85. The zero-order chi connectivity index (χ0) is 14.4. The monoisotopic (exact) mass is 278 g/mol. The highest BCUT2D eigenvalue weighted by atomic mass is 35.5. The molecule has 0 aliphatic rings. The summed E-state index contributed by atoms with van der Waals surface area (Å²) in [7, 11) is 0. The largest absolute Gasteiger partial charge is 0.402 e. The van der Waals surface area contributed by atoms with Crippen molar-refractivity contribution in [3.05, 3.63) is 52.8 Å². The molecule has 0 fully saturated rings. The average molecular weight is 279 g/mol. The average Bonchev–Trinajstić information content (AvgIpc) is 2.28. The van der Waals surface area contributed by atoms with Crippen molar-refractivity contribution in [2.75, 3.05) is 5.32 Å². The van der Waals surface area contributed by atoms with Crippen molar-refractivity contribution in [1.29, 1.82) is 0 Å². The van der Waals surface area contributed by atoms with Gasteiger partial charge in [0.2, 0.25) is 0 Å². The number of allylic oxidation sites excluding steroid dienone is 1. The molecule has 3 heteroatoms. The summed E-state index contributed by atoms with van der Waals surface area (Å²) in [6.07, 6.45) is 4.03. The van der Waals surface area contributed by atoms with Gasteiger partial charge in [0.05, 0.1) is 0 Å². The molecular weight excluding hydrogens is 256 g/mol. The van der Waals surface area contributed by atoms with Crippen molar-refractivity contribution >= 4 is 17.3 Å². The summed E-state index contributed by atoms with van der Waals surface area (Å²) in [6, 6.07) is 5.93. The van der Waals surface area contributed by atoms with Crippen molar-refractivity contribution in [3.63, 3.8) is 0 Å². The van der Waals surface area contributed by atoms with E-state index >= 15 is 0 Å². The van der Waals surface area contributed by atoms with Gasteiger partial charge in [0.1, 0.15) is 0 Å². The molecule has 0 amide bonds. The van der Waals surface area contributed by atoms with E-state index in [2.05, 4.69) is 37.9 Å². The molecule has 0 saturated heterocycles. The second-order valence-electron chi connectivity index (χ2n) is 4.75. The molecule has 1 unspecified atom stereocenters. The summed E-state index contributed by atoms with van der Waals surface area (Å²) < 4.78 is 0. The van der Waals surface area contributed by atoms with Gasteiger partial charge in [-0.25, -0.2) is 0 Å². The van der Waals surface area contributed by atoms with Crippen LogP contribution in [-0.2, 0) is 0 Å². The van der Waals surface area contributed by atoms with Crippen LogP contribution in [0.15, 0.2) is 42.2 Å². The number of nitrogens with two attached hydrogens (primary N) is 1. The van der Waals surface area contributed by atoms with Gasteiger partial charge < -0.3 is 11.1 Å². The predicted molar refractivity (Wildman–Crippen MR) is 85.3 cm³/mol. The smallest absolute Gasteiger partial charge is 0.0429 e. The number of hydrogen-bond donors (Lipinski definition) is 2. The third-order valence-electron chi connectivity index (χ3n) is 2.99. The molecule has 3 N–H and O–H groups in total. The van der Waals surface area contributed by atoms with Gasteiger partial charge in [0, 0.05) is 28.0 Å². The molecule has 0 bridgehead atoms. The van der Waals surface area contributed by atoms with E-state index in [1.54, 1.807) is 0 Å². The van der Waals surface area contributed by atoms with Crippen molar-refractivity contribution in [1.82, 2.24) is 0 Å². The van der Waals surface area contributed by atoms with Crippen LogP contribution in [0.25, 0.3) is 0 Å². The Balaban J connectivity index is 3.02. The summed E-state index contributed by atoms with van der Waals surface area (Å²) in [6.45, 7) is 10.1. The van der Waals surface area contributed by atoms with Crippen LogP contribution in [-0.4, -0.2) is 0 Å². The molecule has 1 atom stereocenters. The molecule has 2 nitrogen and oxygen atoms in total. The van der Waals surface area contributed by atoms with E-state index < -0.39 is 0 Å². The lowest BCUT2D eigenvalue weighted by Gasteiger charge is -2.21. The molecule has 0 spiro atoms. The Morgan fingerprint density at radius 3 is 2.58 bits per heavy atom. The maximum atomic E-state index is 6.08. The Bertz CT molecular complexity index is 457. The minimum Gasteiger partial charge on any atom is -0.402 e. The van der Waals surface area contributed by atoms with Crippen LogP contribution in [0.3, 0.4) is 0 Å². The highest BCUT2D eigenvalue weighted by Gasteiger charge is 2.14. The number of halogens is 1. The van der Waals surface area contributed by atoms with E-state index in [1.165, 1.54) is 0 Å². The number of anilines is 1.